The summed E-state index contributed by atoms with van der Waals surface area (Å²) in [5.41, 5.74) is 2.36. The highest BCUT2D eigenvalue weighted by molar-refractivity contribution is 5.81. The van der Waals surface area contributed by atoms with E-state index in [0.717, 1.165) is 17.2 Å². The van der Waals surface area contributed by atoms with E-state index in [-0.39, 0.29) is 5.92 Å². The average Bonchev–Trinajstić information content (AvgIpc) is 2.63. The molecule has 0 aromatic heterocycles. The summed E-state index contributed by atoms with van der Waals surface area (Å²) in [6, 6.07) is 3.61. The molecule has 0 amide bonds. The van der Waals surface area contributed by atoms with Crippen molar-refractivity contribution >= 4 is 11.5 Å². The van der Waals surface area contributed by atoms with Gasteiger partial charge in [-0.3, -0.25) is 0 Å². The summed E-state index contributed by atoms with van der Waals surface area (Å²) < 4.78 is 31.8. The van der Waals surface area contributed by atoms with Gasteiger partial charge >= 0.3 is 5.97 Å². The molecule has 0 saturated carbocycles. The smallest absolute Gasteiger partial charge is 0.328 e. The maximum atomic E-state index is 13.5. The van der Waals surface area contributed by atoms with Crippen LogP contribution in [0.2, 0.25) is 0 Å². The van der Waals surface area contributed by atoms with Gasteiger partial charge in [-0.15, -0.1) is 0 Å². The molecule has 0 heterocycles. The van der Waals surface area contributed by atoms with Gasteiger partial charge in [0.1, 0.15) is 19.0 Å². The predicted molar refractivity (Wildman–Crippen MR) is 116 cm³/mol. The van der Waals surface area contributed by atoms with E-state index >= 15 is 0 Å². The van der Waals surface area contributed by atoms with Crippen molar-refractivity contribution < 1.29 is 28.5 Å². The number of hydrogen-bond donors (Lipinski definition) is 2. The quantitative estimate of drug-likeness (QED) is 0.374. The third-order valence-corrected chi connectivity index (χ3v) is 4.50. The lowest BCUT2D eigenvalue weighted by Crippen LogP contribution is -2.19. The first-order valence-corrected chi connectivity index (χ1v) is 9.87. The van der Waals surface area contributed by atoms with Gasteiger partial charge in [0.25, 0.3) is 0 Å². The highest BCUT2D eigenvalue weighted by Gasteiger charge is 2.23. The van der Waals surface area contributed by atoms with Crippen LogP contribution < -0.4 is 4.74 Å². The minimum Gasteiger partial charge on any atom is -0.490 e. The Hall–Kier alpha value is -2.47. The molecule has 1 aromatic rings. The Balaban J connectivity index is 3.53. The van der Waals surface area contributed by atoms with Gasteiger partial charge < -0.3 is 14.9 Å². The monoisotopic (exact) mass is 422 g/mol. The van der Waals surface area contributed by atoms with Crippen LogP contribution >= 0.6 is 0 Å². The second-order valence-corrected chi connectivity index (χ2v) is 8.15. The molecule has 30 heavy (non-hydrogen) atoms. The van der Waals surface area contributed by atoms with Crippen LogP contribution in [0, 0.1) is 0 Å². The van der Waals surface area contributed by atoms with Gasteiger partial charge in [0.15, 0.2) is 6.17 Å². The Morgan fingerprint density at radius 1 is 1.27 bits per heavy atom. The topological polar surface area (TPSA) is 66.8 Å². The van der Waals surface area contributed by atoms with E-state index in [4.69, 9.17) is 9.84 Å². The first kappa shape index (κ1) is 25.6. The first-order chi connectivity index (χ1) is 13.9. The molecule has 0 radical (unpaired) electrons. The summed E-state index contributed by atoms with van der Waals surface area (Å²) in [5.74, 6) is -0.552. The lowest BCUT2D eigenvalue weighted by Gasteiger charge is -2.25. The number of rotatable bonds is 10. The highest BCUT2D eigenvalue weighted by Crippen LogP contribution is 2.38. The SMILES string of the molecule is CC(/C=C/C=C(\C)c1cc(C(C)(C)O)cc(C(C)C)c1OCC(F)CF)=C\C(=O)O. The molecule has 1 unspecified atom stereocenters. The van der Waals surface area contributed by atoms with Crippen molar-refractivity contribution in [3.8, 4) is 5.75 Å². The maximum Gasteiger partial charge on any atom is 0.328 e. The van der Waals surface area contributed by atoms with Gasteiger partial charge in [-0.05, 0) is 68.0 Å². The summed E-state index contributed by atoms with van der Waals surface area (Å²) in [5, 5.41) is 19.3. The van der Waals surface area contributed by atoms with Crippen molar-refractivity contribution in [3.05, 3.63) is 58.7 Å². The second-order valence-electron chi connectivity index (χ2n) is 8.15. The fourth-order valence-corrected chi connectivity index (χ4v) is 2.78. The van der Waals surface area contributed by atoms with Crippen molar-refractivity contribution in [1.82, 2.24) is 0 Å². The van der Waals surface area contributed by atoms with Gasteiger partial charge in [0, 0.05) is 11.6 Å². The Bertz CT molecular complexity index is 830. The molecule has 0 spiro atoms. The largest absolute Gasteiger partial charge is 0.490 e. The number of aliphatic hydroxyl groups is 1. The number of carboxylic acids is 1. The molecule has 0 aliphatic rings. The van der Waals surface area contributed by atoms with E-state index in [1.165, 1.54) is 0 Å². The lowest BCUT2D eigenvalue weighted by molar-refractivity contribution is -0.131. The van der Waals surface area contributed by atoms with Crippen molar-refractivity contribution in [2.45, 2.75) is 59.2 Å². The molecule has 4 nitrogen and oxygen atoms in total. The third-order valence-electron chi connectivity index (χ3n) is 4.50. The normalized spacial score (nSPS) is 14.5. The minimum atomic E-state index is -1.72. The number of allylic oxidation sites excluding steroid dienone is 5. The number of hydrogen-bond acceptors (Lipinski definition) is 3. The van der Waals surface area contributed by atoms with Crippen molar-refractivity contribution in [1.29, 1.82) is 0 Å². The predicted octanol–water partition coefficient (Wildman–Crippen LogP) is 5.71. The molecule has 1 atom stereocenters. The molecule has 1 rings (SSSR count). The Kier molecular flexibility index (Phi) is 9.43. The van der Waals surface area contributed by atoms with E-state index in [0.29, 0.717) is 22.4 Å². The zero-order valence-corrected chi connectivity index (χ0v) is 18.5. The van der Waals surface area contributed by atoms with Crippen LogP contribution in [-0.4, -0.2) is 35.6 Å². The van der Waals surface area contributed by atoms with Gasteiger partial charge in [-0.25, -0.2) is 13.6 Å². The molecule has 1 aromatic carbocycles. The number of aliphatic carboxylic acids is 1. The fourth-order valence-electron chi connectivity index (χ4n) is 2.78. The zero-order chi connectivity index (χ0) is 23.1. The summed E-state index contributed by atoms with van der Waals surface area (Å²) in [6.07, 6.45) is 4.52. The summed E-state index contributed by atoms with van der Waals surface area (Å²) in [6.45, 7) is 9.25. The number of benzene rings is 1. The zero-order valence-electron chi connectivity index (χ0n) is 18.5. The first-order valence-electron chi connectivity index (χ1n) is 9.87. The van der Waals surface area contributed by atoms with Crippen LogP contribution in [0.5, 0.6) is 5.75 Å². The number of halogens is 2. The molecule has 0 fully saturated rings. The second kappa shape index (κ2) is 11.1. The van der Waals surface area contributed by atoms with E-state index in [1.54, 1.807) is 45.1 Å². The molecule has 0 aliphatic carbocycles. The Morgan fingerprint density at radius 3 is 2.40 bits per heavy atom. The number of alkyl halides is 2. The molecule has 166 valence electrons. The molecule has 0 bridgehead atoms. The van der Waals surface area contributed by atoms with Crippen LogP contribution in [0.25, 0.3) is 5.57 Å². The Morgan fingerprint density at radius 2 is 1.90 bits per heavy atom. The van der Waals surface area contributed by atoms with Crippen LogP contribution in [0.1, 0.15) is 64.2 Å². The number of carbonyl (C=O) groups is 1. The van der Waals surface area contributed by atoms with Crippen LogP contribution in [-0.2, 0) is 10.4 Å². The van der Waals surface area contributed by atoms with Crippen molar-refractivity contribution in [2.24, 2.45) is 0 Å². The summed E-state index contributed by atoms with van der Waals surface area (Å²) in [4.78, 5) is 10.7. The fraction of sp³-hybridized carbons (Fsp3) is 0.458. The van der Waals surface area contributed by atoms with Crippen LogP contribution in [0.4, 0.5) is 8.78 Å². The van der Waals surface area contributed by atoms with E-state index in [2.05, 4.69) is 0 Å². The van der Waals surface area contributed by atoms with Gasteiger partial charge in [0.2, 0.25) is 0 Å². The van der Waals surface area contributed by atoms with E-state index in [1.807, 2.05) is 26.8 Å². The lowest BCUT2D eigenvalue weighted by atomic mass is 9.88. The standard InChI is InChI=1S/C24H32F2O4/c1-15(2)20-11-18(24(5,6)29)12-21(23(20)30-14-19(26)13-25)17(4)9-7-8-16(3)10-22(27)28/h7-12,15,19,29H,13-14H2,1-6H3,(H,27,28)/b8-7+,16-10+,17-9+. The van der Waals surface area contributed by atoms with E-state index in [9.17, 15) is 18.7 Å². The molecule has 2 N–H and O–H groups in total. The van der Waals surface area contributed by atoms with E-state index < -0.39 is 31.0 Å². The van der Waals surface area contributed by atoms with Crippen LogP contribution in [0.3, 0.4) is 0 Å². The number of carboxylic acid groups (broad SMARTS) is 1. The minimum absolute atomic E-state index is 0.0218. The molecule has 0 saturated heterocycles. The average molecular weight is 423 g/mol. The summed E-state index contributed by atoms with van der Waals surface area (Å²) in [7, 11) is 0. The number of ether oxygens (including phenoxy) is 1. The third kappa shape index (κ3) is 7.75. The van der Waals surface area contributed by atoms with Crippen molar-refractivity contribution in [3.63, 3.8) is 0 Å². The highest BCUT2D eigenvalue weighted by atomic mass is 19.2. The van der Waals surface area contributed by atoms with Gasteiger partial charge in [0.05, 0.1) is 5.60 Å². The molecular formula is C24H32F2O4. The summed E-state index contributed by atoms with van der Waals surface area (Å²) >= 11 is 0. The molecular weight excluding hydrogens is 390 g/mol. The van der Waals surface area contributed by atoms with Gasteiger partial charge in [-0.2, -0.15) is 0 Å². The van der Waals surface area contributed by atoms with Crippen LogP contribution in [0.15, 0.2) is 42.0 Å². The van der Waals surface area contributed by atoms with Gasteiger partial charge in [-0.1, -0.05) is 32.1 Å². The Labute approximate surface area is 177 Å². The van der Waals surface area contributed by atoms with Crippen molar-refractivity contribution in [2.75, 3.05) is 13.3 Å². The molecule has 0 aliphatic heterocycles. The molecule has 6 heteroatoms. The maximum absolute atomic E-state index is 13.5.